The van der Waals surface area contributed by atoms with Crippen molar-refractivity contribution in [2.45, 2.75) is 57.7 Å². The van der Waals surface area contributed by atoms with Gasteiger partial charge in [-0.15, -0.1) is 0 Å². The van der Waals surface area contributed by atoms with E-state index >= 15 is 0 Å². The summed E-state index contributed by atoms with van der Waals surface area (Å²) < 4.78 is 54.5. The van der Waals surface area contributed by atoms with Crippen molar-refractivity contribution in [1.82, 2.24) is 5.32 Å². The third-order valence-corrected chi connectivity index (χ3v) is 4.35. The molecule has 154 valence electrons. The number of amides is 1. The Labute approximate surface area is 213 Å². The number of hydrogen-bond acceptors (Lipinski definition) is 5. The van der Waals surface area contributed by atoms with E-state index in [-0.39, 0.29) is 71.1 Å². The van der Waals surface area contributed by atoms with Crippen LogP contribution in [0.3, 0.4) is 0 Å². The Morgan fingerprint density at radius 2 is 1.72 bits per heavy atom. The van der Waals surface area contributed by atoms with E-state index in [9.17, 15) is 32.3 Å². The first kappa shape index (κ1) is 31.8. The number of nitrogens with one attached hydrogen (secondary N) is 1. The maximum atomic E-state index is 13.2. The Balaban J connectivity index is 0. The first-order chi connectivity index (χ1) is 12.5. The minimum Gasteiger partial charge on any atom is -0.790 e. The van der Waals surface area contributed by atoms with Gasteiger partial charge < -0.3 is 24.2 Å². The first-order valence-electron chi connectivity index (χ1n) is 8.66. The molecule has 1 atom stereocenters. The van der Waals surface area contributed by atoms with Crippen LogP contribution in [-0.2, 0) is 20.1 Å². The Bertz CT molecular complexity index is 658. The van der Waals surface area contributed by atoms with Gasteiger partial charge in [-0.1, -0.05) is 50.8 Å². The second-order valence-electron chi connectivity index (χ2n) is 6.11. The Kier molecular flexibility index (Phi) is 16.9. The van der Waals surface area contributed by atoms with Gasteiger partial charge in [-0.25, -0.2) is 0 Å². The summed E-state index contributed by atoms with van der Waals surface area (Å²) in [5.74, 6) is -0.538. The molecule has 0 saturated heterocycles. The molecule has 0 bridgehead atoms. The van der Waals surface area contributed by atoms with Crippen molar-refractivity contribution in [3.8, 4) is 0 Å². The number of phosphoric acid groups is 1. The fourth-order valence-corrected chi connectivity index (χ4v) is 2.92. The molecule has 0 saturated carbocycles. The molecule has 0 aromatic heterocycles. The van der Waals surface area contributed by atoms with Crippen LogP contribution in [0.1, 0.15) is 62.6 Å². The first-order valence-corrected chi connectivity index (χ1v) is 10.1. The number of unbranched alkanes of at least 4 members (excludes halogenated alkanes) is 4. The molecule has 29 heavy (non-hydrogen) atoms. The SMILES string of the molecule is CCCCCCCC(=O)NC(COP(=O)([O-])[O-])c1ccccc1C(F)(F)F.[Na+].[Na+]. The molecule has 6 nitrogen and oxygen atoms in total. The van der Waals surface area contributed by atoms with Gasteiger partial charge in [0.05, 0.1) is 26.0 Å². The number of hydrogen-bond donors (Lipinski definition) is 1. The molecule has 1 N–H and O–H groups in total. The molecular formula is C17H23F3NNa2O5P. The van der Waals surface area contributed by atoms with Crippen LogP contribution in [0.25, 0.3) is 0 Å². The van der Waals surface area contributed by atoms with Gasteiger partial charge in [-0.05, 0) is 18.1 Å². The normalized spacial score (nSPS) is 12.5. The molecular weight excluding hydrogens is 432 g/mol. The summed E-state index contributed by atoms with van der Waals surface area (Å²) in [4.78, 5) is 33.5. The van der Waals surface area contributed by atoms with Gasteiger partial charge in [-0.3, -0.25) is 4.79 Å². The van der Waals surface area contributed by atoms with Crippen LogP contribution in [0.5, 0.6) is 0 Å². The van der Waals surface area contributed by atoms with Gasteiger partial charge in [0.15, 0.2) is 0 Å². The Morgan fingerprint density at radius 3 is 2.28 bits per heavy atom. The number of rotatable bonds is 11. The fraction of sp³-hybridized carbons (Fsp3) is 0.588. The minimum absolute atomic E-state index is 0. The summed E-state index contributed by atoms with van der Waals surface area (Å²) >= 11 is 0. The third kappa shape index (κ3) is 13.6. The van der Waals surface area contributed by atoms with E-state index in [0.717, 1.165) is 37.8 Å². The van der Waals surface area contributed by atoms with Crippen LogP contribution >= 0.6 is 7.82 Å². The molecule has 12 heteroatoms. The molecule has 0 fully saturated rings. The maximum absolute atomic E-state index is 13.2. The summed E-state index contributed by atoms with van der Waals surface area (Å²) in [6.07, 6.45) is -0.259. The van der Waals surface area contributed by atoms with Crippen molar-refractivity contribution in [2.24, 2.45) is 0 Å². The zero-order valence-corrected chi connectivity index (χ0v) is 21.9. The standard InChI is InChI=1S/C17H25F3NO5P.2Na/c1-2-3-4-5-6-11-16(22)21-15(12-26-27(23,24)25)13-9-7-8-10-14(13)17(18,19)20;;/h7-10,15H,2-6,11-12H2,1H3,(H,21,22)(H2,23,24,25);;/q;2*+1/p-2. The Morgan fingerprint density at radius 1 is 1.14 bits per heavy atom. The number of benzene rings is 1. The maximum Gasteiger partial charge on any atom is 1.00 e. The molecule has 0 aliphatic heterocycles. The predicted octanol–water partition coefficient (Wildman–Crippen LogP) is -2.92. The molecule has 1 rings (SSSR count). The van der Waals surface area contributed by atoms with Crippen LogP contribution in [-0.4, -0.2) is 12.5 Å². The van der Waals surface area contributed by atoms with Gasteiger partial charge in [-0.2, -0.15) is 13.2 Å². The molecule has 1 amide bonds. The molecule has 1 aromatic rings. The van der Waals surface area contributed by atoms with E-state index in [1.54, 1.807) is 0 Å². The van der Waals surface area contributed by atoms with E-state index in [0.29, 0.717) is 6.42 Å². The monoisotopic (exact) mass is 455 g/mol. The summed E-state index contributed by atoms with van der Waals surface area (Å²) in [5.41, 5.74) is -1.40. The van der Waals surface area contributed by atoms with Crippen molar-refractivity contribution in [3.05, 3.63) is 35.4 Å². The van der Waals surface area contributed by atoms with Crippen molar-refractivity contribution < 1.29 is 96.0 Å². The number of alkyl halides is 3. The largest absolute Gasteiger partial charge is 1.00 e. The fourth-order valence-electron chi connectivity index (χ4n) is 2.59. The smallest absolute Gasteiger partial charge is 0.790 e. The summed E-state index contributed by atoms with van der Waals surface area (Å²) in [5, 5.41) is 2.35. The topological polar surface area (TPSA) is 102 Å². The van der Waals surface area contributed by atoms with E-state index in [4.69, 9.17) is 0 Å². The van der Waals surface area contributed by atoms with Crippen LogP contribution in [0.15, 0.2) is 24.3 Å². The van der Waals surface area contributed by atoms with Crippen LogP contribution in [0.2, 0.25) is 0 Å². The van der Waals surface area contributed by atoms with Gasteiger partial charge in [0.1, 0.15) is 0 Å². The molecule has 1 unspecified atom stereocenters. The van der Waals surface area contributed by atoms with Crippen molar-refractivity contribution in [1.29, 1.82) is 0 Å². The van der Waals surface area contributed by atoms with Gasteiger partial charge in [0, 0.05) is 6.42 Å². The summed E-state index contributed by atoms with van der Waals surface area (Å²) in [7, 11) is -5.41. The summed E-state index contributed by atoms with van der Waals surface area (Å²) in [6, 6.07) is 3.00. The predicted molar refractivity (Wildman–Crippen MR) is 89.3 cm³/mol. The van der Waals surface area contributed by atoms with Crippen LogP contribution in [0, 0.1) is 0 Å². The van der Waals surface area contributed by atoms with Gasteiger partial charge in [0.25, 0.3) is 0 Å². The Hall–Kier alpha value is 0.590. The second-order valence-corrected chi connectivity index (χ2v) is 7.26. The van der Waals surface area contributed by atoms with E-state index in [2.05, 4.69) is 9.84 Å². The van der Waals surface area contributed by atoms with E-state index in [1.165, 1.54) is 12.1 Å². The zero-order chi connectivity index (χ0) is 20.5. The number of phosphoric ester groups is 1. The quantitative estimate of drug-likeness (QED) is 0.219. The van der Waals surface area contributed by atoms with E-state index in [1.807, 2.05) is 6.92 Å². The van der Waals surface area contributed by atoms with Crippen molar-refractivity contribution >= 4 is 13.7 Å². The number of carbonyl (C=O) groups excluding carboxylic acids is 1. The molecule has 0 aliphatic rings. The molecule has 0 spiro atoms. The molecule has 0 heterocycles. The molecule has 0 radical (unpaired) electrons. The molecule has 1 aromatic carbocycles. The third-order valence-electron chi connectivity index (χ3n) is 3.88. The average Bonchev–Trinajstić information content (AvgIpc) is 2.57. The number of carbonyl (C=O) groups is 1. The summed E-state index contributed by atoms with van der Waals surface area (Å²) in [6.45, 7) is 1.14. The molecule has 0 aliphatic carbocycles. The van der Waals surface area contributed by atoms with E-state index < -0.39 is 38.1 Å². The van der Waals surface area contributed by atoms with Crippen molar-refractivity contribution in [2.75, 3.05) is 6.61 Å². The zero-order valence-electron chi connectivity index (χ0n) is 17.0. The minimum atomic E-state index is -5.41. The number of halogens is 3. The average molecular weight is 455 g/mol. The van der Waals surface area contributed by atoms with Crippen molar-refractivity contribution in [3.63, 3.8) is 0 Å². The van der Waals surface area contributed by atoms with Crippen LogP contribution in [0.4, 0.5) is 13.2 Å². The second kappa shape index (κ2) is 15.4. The van der Waals surface area contributed by atoms with Gasteiger partial charge in [0.2, 0.25) is 5.91 Å². The van der Waals surface area contributed by atoms with Gasteiger partial charge >= 0.3 is 65.3 Å². The van der Waals surface area contributed by atoms with Crippen LogP contribution < -0.4 is 74.2 Å².